The van der Waals surface area contributed by atoms with E-state index in [-0.39, 0.29) is 0 Å². The minimum absolute atomic E-state index is 0.344. The summed E-state index contributed by atoms with van der Waals surface area (Å²) in [5.41, 5.74) is 1.27. The molecule has 0 aliphatic heterocycles. The second-order valence-electron chi connectivity index (χ2n) is 3.70. The van der Waals surface area contributed by atoms with Gasteiger partial charge in [0.2, 0.25) is 10.0 Å². The molecule has 17 heavy (non-hydrogen) atoms. The molecule has 94 valence electrons. The van der Waals surface area contributed by atoms with E-state index in [1.165, 1.54) is 0 Å². The molecule has 0 amide bonds. The number of nitrogens with one attached hydrogen (secondary N) is 1. The Morgan fingerprint density at radius 1 is 1.29 bits per heavy atom. The molecule has 0 saturated carbocycles. The predicted molar refractivity (Wildman–Crippen MR) is 65.8 cm³/mol. The van der Waals surface area contributed by atoms with Crippen LogP contribution in [0, 0.1) is 0 Å². The summed E-state index contributed by atoms with van der Waals surface area (Å²) in [5, 5.41) is 8.42. The molecule has 0 fully saturated rings. The number of rotatable bonds is 5. The number of anilines is 2. The van der Waals surface area contributed by atoms with Crippen molar-refractivity contribution in [3.63, 3.8) is 0 Å². The average Bonchev–Trinajstić information content (AvgIpc) is 2.15. The van der Waals surface area contributed by atoms with Crippen molar-refractivity contribution in [1.29, 1.82) is 0 Å². The van der Waals surface area contributed by atoms with Crippen LogP contribution in [0.2, 0.25) is 0 Å². The normalized spacial score (nSPS) is 10.9. The third-order valence-electron chi connectivity index (χ3n) is 1.97. The summed E-state index contributed by atoms with van der Waals surface area (Å²) in [4.78, 5) is 12.2. The highest BCUT2D eigenvalue weighted by molar-refractivity contribution is 7.93. The lowest BCUT2D eigenvalue weighted by Gasteiger charge is -2.13. The van der Waals surface area contributed by atoms with E-state index in [1.807, 2.05) is 19.0 Å². The van der Waals surface area contributed by atoms with Gasteiger partial charge in [-0.2, -0.15) is 0 Å². The molecule has 0 aliphatic carbocycles. The van der Waals surface area contributed by atoms with Crippen molar-refractivity contribution < 1.29 is 18.3 Å². The van der Waals surface area contributed by atoms with Crippen molar-refractivity contribution in [2.75, 3.05) is 29.5 Å². The van der Waals surface area contributed by atoms with Crippen molar-refractivity contribution in [3.8, 4) is 0 Å². The monoisotopic (exact) mass is 258 g/mol. The van der Waals surface area contributed by atoms with E-state index in [0.717, 1.165) is 5.69 Å². The topological polar surface area (TPSA) is 86.7 Å². The van der Waals surface area contributed by atoms with Gasteiger partial charge in [-0.25, -0.2) is 8.42 Å². The van der Waals surface area contributed by atoms with Crippen molar-refractivity contribution in [2.45, 2.75) is 0 Å². The summed E-state index contributed by atoms with van der Waals surface area (Å²) in [6.07, 6.45) is 0. The first kappa shape index (κ1) is 13.3. The standard InChI is InChI=1S/C10H14N2O4S/c1-12(2)9-5-3-8(4-6-9)11-17(15,16)7-10(13)14/h3-6,11H,7H2,1-2H3,(H,13,14). The van der Waals surface area contributed by atoms with E-state index in [4.69, 9.17) is 5.11 Å². The summed E-state index contributed by atoms with van der Waals surface area (Å²) >= 11 is 0. The molecule has 0 aliphatic rings. The molecule has 1 rings (SSSR count). The molecule has 2 N–H and O–H groups in total. The van der Waals surface area contributed by atoms with E-state index in [1.54, 1.807) is 24.3 Å². The van der Waals surface area contributed by atoms with Gasteiger partial charge in [-0.3, -0.25) is 9.52 Å². The predicted octanol–water partition coefficient (Wildman–Crippen LogP) is 0.579. The molecule has 0 radical (unpaired) electrons. The van der Waals surface area contributed by atoms with Crippen LogP contribution in [0.15, 0.2) is 24.3 Å². The molecule has 0 saturated heterocycles. The maximum Gasteiger partial charge on any atom is 0.320 e. The third-order valence-corrected chi connectivity index (χ3v) is 3.14. The van der Waals surface area contributed by atoms with Gasteiger partial charge in [-0.1, -0.05) is 0 Å². The Morgan fingerprint density at radius 2 is 1.82 bits per heavy atom. The molecule has 0 heterocycles. The van der Waals surface area contributed by atoms with Gasteiger partial charge in [-0.05, 0) is 24.3 Å². The molecule has 7 heteroatoms. The SMILES string of the molecule is CN(C)c1ccc(NS(=O)(=O)CC(=O)O)cc1. The Kier molecular flexibility index (Phi) is 3.95. The minimum atomic E-state index is -3.83. The fourth-order valence-electron chi connectivity index (χ4n) is 1.21. The fraction of sp³-hybridized carbons (Fsp3) is 0.300. The molecular weight excluding hydrogens is 244 g/mol. The number of benzene rings is 1. The Morgan fingerprint density at radius 3 is 2.24 bits per heavy atom. The van der Waals surface area contributed by atoms with E-state index >= 15 is 0 Å². The van der Waals surface area contributed by atoms with Crippen molar-refractivity contribution in [2.24, 2.45) is 0 Å². The Balaban J connectivity index is 2.79. The zero-order valence-corrected chi connectivity index (χ0v) is 10.4. The second-order valence-corrected chi connectivity index (χ2v) is 5.42. The second kappa shape index (κ2) is 5.05. The number of hydrogen-bond donors (Lipinski definition) is 2. The lowest BCUT2D eigenvalue weighted by atomic mass is 10.3. The van der Waals surface area contributed by atoms with Crippen molar-refractivity contribution in [3.05, 3.63) is 24.3 Å². The molecule has 0 unspecified atom stereocenters. The van der Waals surface area contributed by atoms with Crippen LogP contribution in [0.4, 0.5) is 11.4 Å². The van der Waals surface area contributed by atoms with Gasteiger partial charge in [0.25, 0.3) is 0 Å². The van der Waals surface area contributed by atoms with Crippen LogP contribution in [0.3, 0.4) is 0 Å². The summed E-state index contributed by atoms with van der Waals surface area (Å²) in [6.45, 7) is 0. The van der Waals surface area contributed by atoms with Crippen LogP contribution in [0.1, 0.15) is 0 Å². The van der Waals surface area contributed by atoms with Gasteiger partial charge >= 0.3 is 5.97 Å². The summed E-state index contributed by atoms with van der Waals surface area (Å²) in [7, 11) is -0.101. The van der Waals surface area contributed by atoms with Crippen LogP contribution in [0.5, 0.6) is 0 Å². The molecule has 0 bridgehead atoms. The number of carboxylic acids is 1. The fourth-order valence-corrected chi connectivity index (χ4v) is 2.10. The number of hydrogen-bond acceptors (Lipinski definition) is 4. The van der Waals surface area contributed by atoms with Crippen LogP contribution in [0.25, 0.3) is 0 Å². The highest BCUT2D eigenvalue weighted by atomic mass is 32.2. The van der Waals surface area contributed by atoms with Crippen LogP contribution in [-0.4, -0.2) is 39.3 Å². The number of nitrogens with zero attached hydrogens (tertiary/aromatic N) is 1. The van der Waals surface area contributed by atoms with E-state index in [0.29, 0.717) is 5.69 Å². The zero-order valence-electron chi connectivity index (χ0n) is 9.54. The van der Waals surface area contributed by atoms with Crippen LogP contribution in [-0.2, 0) is 14.8 Å². The summed E-state index contributed by atoms with van der Waals surface area (Å²) in [5.74, 6) is -2.33. The van der Waals surface area contributed by atoms with E-state index < -0.39 is 21.7 Å². The lowest BCUT2D eigenvalue weighted by molar-refractivity contribution is -0.134. The first-order valence-electron chi connectivity index (χ1n) is 4.80. The largest absolute Gasteiger partial charge is 0.480 e. The Bertz CT molecular complexity index is 494. The number of aliphatic carboxylic acids is 1. The Hall–Kier alpha value is -1.76. The summed E-state index contributed by atoms with van der Waals surface area (Å²) < 4.78 is 24.8. The quantitative estimate of drug-likeness (QED) is 0.806. The van der Waals surface area contributed by atoms with Gasteiger partial charge in [0.1, 0.15) is 0 Å². The van der Waals surface area contributed by atoms with Gasteiger partial charge in [-0.15, -0.1) is 0 Å². The van der Waals surface area contributed by atoms with Gasteiger partial charge < -0.3 is 10.0 Å². The zero-order chi connectivity index (χ0) is 13.1. The van der Waals surface area contributed by atoms with E-state index in [9.17, 15) is 13.2 Å². The highest BCUT2D eigenvalue weighted by Crippen LogP contribution is 2.16. The van der Waals surface area contributed by atoms with Gasteiger partial charge in [0.15, 0.2) is 5.75 Å². The molecule has 1 aromatic rings. The average molecular weight is 258 g/mol. The molecule has 0 spiro atoms. The molecule has 6 nitrogen and oxygen atoms in total. The number of sulfonamides is 1. The number of carbonyl (C=O) groups is 1. The lowest BCUT2D eigenvalue weighted by Crippen LogP contribution is -2.22. The van der Waals surface area contributed by atoms with Crippen molar-refractivity contribution in [1.82, 2.24) is 0 Å². The smallest absolute Gasteiger partial charge is 0.320 e. The van der Waals surface area contributed by atoms with Crippen LogP contribution < -0.4 is 9.62 Å². The van der Waals surface area contributed by atoms with Gasteiger partial charge in [0, 0.05) is 25.5 Å². The Labute approximate surface area is 99.9 Å². The third kappa shape index (κ3) is 4.31. The molecular formula is C10H14N2O4S. The molecule has 0 aromatic heterocycles. The first-order valence-corrected chi connectivity index (χ1v) is 6.45. The van der Waals surface area contributed by atoms with Crippen LogP contribution >= 0.6 is 0 Å². The minimum Gasteiger partial charge on any atom is -0.480 e. The van der Waals surface area contributed by atoms with E-state index in [2.05, 4.69) is 4.72 Å². The van der Waals surface area contributed by atoms with Gasteiger partial charge in [0.05, 0.1) is 0 Å². The van der Waals surface area contributed by atoms with Crippen molar-refractivity contribution >= 4 is 27.4 Å². The maximum atomic E-state index is 11.3. The first-order chi connectivity index (χ1) is 7.80. The molecule has 1 aromatic carbocycles. The summed E-state index contributed by atoms with van der Waals surface area (Å²) in [6, 6.07) is 6.63. The molecule has 0 atom stereocenters. The number of carboxylic acid groups (broad SMARTS) is 1. The maximum absolute atomic E-state index is 11.3. The highest BCUT2D eigenvalue weighted by Gasteiger charge is 2.15.